The van der Waals surface area contributed by atoms with Crippen molar-refractivity contribution in [3.8, 4) is 23.3 Å². The third-order valence-electron chi connectivity index (χ3n) is 13.0. The summed E-state index contributed by atoms with van der Waals surface area (Å²) in [5, 5.41) is 18.8. The molecule has 0 radical (unpaired) electrons. The second kappa shape index (κ2) is 19.3. The molecule has 17 nitrogen and oxygen atoms in total. The van der Waals surface area contributed by atoms with E-state index in [1.165, 1.54) is 0 Å². The molecule has 0 amide bonds. The summed E-state index contributed by atoms with van der Waals surface area (Å²) in [5.74, 6) is 0.137. The first-order valence-corrected chi connectivity index (χ1v) is 25.8. The number of nitrogens with zero attached hydrogens (tertiary/aromatic N) is 8. The lowest BCUT2D eigenvalue weighted by molar-refractivity contribution is -0.159. The molecule has 1 fully saturated rings. The number of carbonyl (C=O) groups is 2. The monoisotopic (exact) mass is 956 g/mol. The lowest BCUT2D eigenvalue weighted by Gasteiger charge is -2.41. The standard InChI is InChI=1S/C51H60N8O9Si/c1-31-27-33(3)58(55-31)47-43-46(53-49(54-47)59-34(4)28-32(2)56-59)57(30-52-43)48-45(67-42(62)26-25-41(60)61)44(68-69(10,11)50(5,6)7)40(66-48)29-65-51(35-15-13-12-14-16-35,36-17-21-38(63-8)22-18-36)37-19-23-39(64-9)24-20-37/h12-24,27-28,30,40,44-45,48H,25-26,29H2,1-11H3,(H,60,61)/t40-,44-,45-,48-/m1/s1. The molecule has 69 heavy (non-hydrogen) atoms. The molecule has 7 aromatic rings. The molecule has 0 bridgehead atoms. The molecule has 0 aliphatic carbocycles. The van der Waals surface area contributed by atoms with Gasteiger partial charge in [0.1, 0.15) is 29.3 Å². The van der Waals surface area contributed by atoms with Crippen LogP contribution in [0.3, 0.4) is 0 Å². The lowest BCUT2D eigenvalue weighted by atomic mass is 9.80. The van der Waals surface area contributed by atoms with E-state index in [0.29, 0.717) is 28.5 Å². The summed E-state index contributed by atoms with van der Waals surface area (Å²) < 4.78 is 44.7. The van der Waals surface area contributed by atoms with Gasteiger partial charge in [0.2, 0.25) is 0 Å². The third kappa shape index (κ3) is 9.66. The van der Waals surface area contributed by atoms with Crippen LogP contribution in [0.25, 0.3) is 22.9 Å². The van der Waals surface area contributed by atoms with E-state index in [1.54, 1.807) is 34.5 Å². The maximum Gasteiger partial charge on any atom is 0.306 e. The van der Waals surface area contributed by atoms with Crippen LogP contribution in [0, 0.1) is 27.7 Å². The highest BCUT2D eigenvalue weighted by Crippen LogP contribution is 2.46. The predicted octanol–water partition coefficient (Wildman–Crippen LogP) is 8.52. The number of aromatic nitrogens is 8. The molecule has 1 aliphatic rings. The number of benzene rings is 3. The molecule has 8 rings (SSSR count). The van der Waals surface area contributed by atoms with Crippen molar-refractivity contribution in [2.24, 2.45) is 0 Å². The van der Waals surface area contributed by atoms with Gasteiger partial charge in [-0.05, 0) is 98.9 Å². The van der Waals surface area contributed by atoms with Gasteiger partial charge >= 0.3 is 11.9 Å². The first kappa shape index (κ1) is 48.7. The fraction of sp³-hybridized carbons (Fsp3) is 0.392. The molecule has 362 valence electrons. The van der Waals surface area contributed by atoms with E-state index >= 15 is 0 Å². The van der Waals surface area contributed by atoms with Gasteiger partial charge < -0.3 is 33.2 Å². The summed E-state index contributed by atoms with van der Waals surface area (Å²) in [4.78, 5) is 40.7. The summed E-state index contributed by atoms with van der Waals surface area (Å²) in [6.07, 6.45) is -3.32. The third-order valence-corrected chi connectivity index (χ3v) is 17.5. The Morgan fingerprint density at radius 3 is 1.84 bits per heavy atom. The average molecular weight is 957 g/mol. The van der Waals surface area contributed by atoms with Crippen LogP contribution < -0.4 is 9.47 Å². The quantitative estimate of drug-likeness (QED) is 0.0519. The Hall–Kier alpha value is -6.73. The Kier molecular flexibility index (Phi) is 13.7. The summed E-state index contributed by atoms with van der Waals surface area (Å²) in [7, 11) is 0.510. The Bertz CT molecular complexity index is 2900. The predicted molar refractivity (Wildman–Crippen MR) is 260 cm³/mol. The normalized spacial score (nSPS) is 17.6. The van der Waals surface area contributed by atoms with Crippen molar-refractivity contribution in [2.45, 2.75) is 110 Å². The molecule has 3 aromatic carbocycles. The SMILES string of the molecule is COc1ccc(C(OC[C@H]2O[C@@H](n3cnc4c(-n5nc(C)cc5C)nc(-n5nc(C)cc5C)nc43)[C@H](OC(=O)CCC(=O)O)[C@@H]2O[Si](C)(C)C(C)(C)C)(c2ccccc2)c2ccc(OC)cc2)cc1. The highest BCUT2D eigenvalue weighted by Gasteiger charge is 2.54. The number of methoxy groups -OCH3 is 2. The van der Waals surface area contributed by atoms with Crippen LogP contribution in [0.1, 0.15) is 79.3 Å². The van der Waals surface area contributed by atoms with E-state index in [2.05, 4.69) is 33.9 Å². The number of rotatable bonds is 17. The van der Waals surface area contributed by atoms with Crippen LogP contribution in [0.2, 0.25) is 18.1 Å². The van der Waals surface area contributed by atoms with Crippen molar-refractivity contribution in [3.63, 3.8) is 0 Å². The number of esters is 1. The first-order valence-electron chi connectivity index (χ1n) is 22.9. The van der Waals surface area contributed by atoms with Crippen LogP contribution in [0.5, 0.6) is 11.5 Å². The number of ether oxygens (including phenoxy) is 5. The summed E-state index contributed by atoms with van der Waals surface area (Å²) in [6.45, 7) is 18.2. The molecule has 0 unspecified atom stereocenters. The van der Waals surface area contributed by atoms with Gasteiger partial charge in [0.15, 0.2) is 37.6 Å². The number of carboxylic acids is 1. The summed E-state index contributed by atoms with van der Waals surface area (Å²) in [5.41, 5.74) is 5.11. The number of aliphatic carboxylic acids is 1. The number of imidazole rings is 1. The van der Waals surface area contributed by atoms with Crippen LogP contribution in [-0.2, 0) is 33.8 Å². The van der Waals surface area contributed by atoms with E-state index in [9.17, 15) is 14.7 Å². The van der Waals surface area contributed by atoms with Gasteiger partial charge in [-0.2, -0.15) is 20.2 Å². The van der Waals surface area contributed by atoms with Crippen molar-refractivity contribution >= 4 is 31.4 Å². The Morgan fingerprint density at radius 2 is 1.32 bits per heavy atom. The molecule has 0 saturated carbocycles. The number of aryl methyl sites for hydroxylation is 4. The number of hydrogen-bond donors (Lipinski definition) is 1. The Labute approximate surface area is 402 Å². The Morgan fingerprint density at radius 1 is 0.754 bits per heavy atom. The first-order chi connectivity index (χ1) is 32.8. The molecule has 4 atom stereocenters. The smallest absolute Gasteiger partial charge is 0.306 e. The van der Waals surface area contributed by atoms with Crippen molar-refractivity contribution in [1.82, 2.24) is 39.1 Å². The maximum absolute atomic E-state index is 13.9. The van der Waals surface area contributed by atoms with E-state index in [1.807, 2.05) is 119 Å². The van der Waals surface area contributed by atoms with Crippen molar-refractivity contribution in [3.05, 3.63) is 137 Å². The number of carboxylic acid groups (broad SMARTS) is 1. The second-order valence-corrected chi connectivity index (χ2v) is 23.7. The summed E-state index contributed by atoms with van der Waals surface area (Å²) >= 11 is 0. The molecule has 4 aromatic heterocycles. The largest absolute Gasteiger partial charge is 0.497 e. The van der Waals surface area contributed by atoms with Crippen molar-refractivity contribution in [1.29, 1.82) is 0 Å². The zero-order chi connectivity index (χ0) is 49.4. The zero-order valence-electron chi connectivity index (χ0n) is 41.0. The minimum atomic E-state index is -2.73. The van der Waals surface area contributed by atoms with Gasteiger partial charge in [0.05, 0.1) is 51.4 Å². The summed E-state index contributed by atoms with van der Waals surface area (Å²) in [6, 6.07) is 29.3. The number of fused-ring (bicyclic) bond motifs is 1. The highest BCUT2D eigenvalue weighted by molar-refractivity contribution is 6.74. The Balaban J connectivity index is 1.32. The number of hydrogen-bond acceptors (Lipinski definition) is 13. The van der Waals surface area contributed by atoms with Gasteiger partial charge in [-0.1, -0.05) is 75.4 Å². The molecule has 0 spiro atoms. The second-order valence-electron chi connectivity index (χ2n) is 18.9. The number of carbonyl (C=O) groups excluding carboxylic acids is 1. The fourth-order valence-corrected chi connectivity index (χ4v) is 9.87. The minimum Gasteiger partial charge on any atom is -0.497 e. The lowest BCUT2D eigenvalue weighted by Crippen LogP contribution is -2.51. The van der Waals surface area contributed by atoms with Crippen molar-refractivity contribution < 1.29 is 42.8 Å². The van der Waals surface area contributed by atoms with E-state index in [-0.39, 0.29) is 24.0 Å². The van der Waals surface area contributed by atoms with Crippen LogP contribution >= 0.6 is 0 Å². The van der Waals surface area contributed by atoms with E-state index in [4.69, 9.17) is 53.3 Å². The van der Waals surface area contributed by atoms with Gasteiger partial charge in [-0.25, -0.2) is 14.3 Å². The topological polar surface area (TPSA) is 189 Å². The van der Waals surface area contributed by atoms with E-state index < -0.39 is 56.8 Å². The molecule has 1 saturated heterocycles. The minimum absolute atomic E-state index is 0.0818. The van der Waals surface area contributed by atoms with Gasteiger partial charge in [-0.15, -0.1) is 0 Å². The molecular weight excluding hydrogens is 897 g/mol. The van der Waals surface area contributed by atoms with Crippen molar-refractivity contribution in [2.75, 3.05) is 20.8 Å². The maximum atomic E-state index is 13.9. The molecule has 1 N–H and O–H groups in total. The zero-order valence-corrected chi connectivity index (χ0v) is 42.0. The molecule has 5 heterocycles. The van der Waals surface area contributed by atoms with Gasteiger partial charge in [0.25, 0.3) is 5.95 Å². The van der Waals surface area contributed by atoms with Crippen LogP contribution in [0.15, 0.2) is 97.3 Å². The van der Waals surface area contributed by atoms with Gasteiger partial charge in [-0.3, -0.25) is 14.2 Å². The van der Waals surface area contributed by atoms with Gasteiger partial charge in [0, 0.05) is 11.4 Å². The average Bonchev–Trinajstić information content (AvgIpc) is 4.08. The highest BCUT2D eigenvalue weighted by atomic mass is 28.4. The fourth-order valence-electron chi connectivity index (χ4n) is 8.55. The van der Waals surface area contributed by atoms with E-state index in [0.717, 1.165) is 39.5 Å². The van der Waals surface area contributed by atoms with Crippen LogP contribution in [-0.4, -0.2) is 104 Å². The van der Waals surface area contributed by atoms with Crippen LogP contribution in [0.4, 0.5) is 0 Å². The molecular formula is C51H60N8O9Si. The molecule has 18 heteroatoms. The molecule has 1 aliphatic heterocycles.